The van der Waals surface area contributed by atoms with Crippen LogP contribution >= 0.6 is 11.3 Å². The molecule has 0 saturated carbocycles. The van der Waals surface area contributed by atoms with E-state index in [2.05, 4.69) is 0 Å². The van der Waals surface area contributed by atoms with Crippen molar-refractivity contribution in [2.45, 2.75) is 6.54 Å². The number of hydrogen-bond donors (Lipinski definition) is 0. The Morgan fingerprint density at radius 3 is 2.18 bits per heavy atom. The monoisotopic (exact) mass is 464 g/mol. The van der Waals surface area contributed by atoms with Gasteiger partial charge in [0, 0.05) is 11.6 Å². The SMILES string of the molecule is COc1ccc2sc(N(Cc3ccccc3)C(=O)c3cc(OC)c(OC)c(OC)c3)nc2c1. The minimum absolute atomic E-state index is 0.232. The van der Waals surface area contributed by atoms with Crippen molar-refractivity contribution >= 4 is 32.6 Å². The van der Waals surface area contributed by atoms with Crippen LogP contribution in [0.3, 0.4) is 0 Å². The molecule has 3 aromatic carbocycles. The molecule has 0 radical (unpaired) electrons. The van der Waals surface area contributed by atoms with Crippen molar-refractivity contribution in [3.8, 4) is 23.0 Å². The average Bonchev–Trinajstić information content (AvgIpc) is 3.29. The smallest absolute Gasteiger partial charge is 0.260 e. The second-order valence-corrected chi connectivity index (χ2v) is 8.13. The summed E-state index contributed by atoms with van der Waals surface area (Å²) in [6.45, 7) is 0.354. The van der Waals surface area contributed by atoms with Gasteiger partial charge in [-0.3, -0.25) is 9.69 Å². The molecule has 1 aromatic heterocycles. The minimum atomic E-state index is -0.232. The van der Waals surface area contributed by atoms with Crippen molar-refractivity contribution in [1.82, 2.24) is 4.98 Å². The highest BCUT2D eigenvalue weighted by atomic mass is 32.1. The van der Waals surface area contributed by atoms with E-state index in [4.69, 9.17) is 23.9 Å². The Morgan fingerprint density at radius 1 is 0.879 bits per heavy atom. The third-order valence-corrected chi connectivity index (χ3v) is 6.21. The molecular formula is C25H24N2O5S. The lowest BCUT2D eigenvalue weighted by molar-refractivity contribution is 0.0984. The van der Waals surface area contributed by atoms with Crippen LogP contribution in [0.5, 0.6) is 23.0 Å². The fourth-order valence-electron chi connectivity index (χ4n) is 3.49. The van der Waals surface area contributed by atoms with Gasteiger partial charge in [0.05, 0.1) is 45.2 Å². The Labute approximate surface area is 196 Å². The van der Waals surface area contributed by atoms with Crippen LogP contribution in [0.1, 0.15) is 15.9 Å². The maximum absolute atomic E-state index is 13.8. The van der Waals surface area contributed by atoms with Gasteiger partial charge in [0.2, 0.25) is 5.75 Å². The highest BCUT2D eigenvalue weighted by molar-refractivity contribution is 7.22. The topological polar surface area (TPSA) is 70.1 Å². The summed E-state index contributed by atoms with van der Waals surface area (Å²) >= 11 is 1.45. The van der Waals surface area contributed by atoms with Gasteiger partial charge in [0.25, 0.3) is 5.91 Å². The van der Waals surface area contributed by atoms with Crippen molar-refractivity contribution in [2.24, 2.45) is 0 Å². The van der Waals surface area contributed by atoms with Crippen LogP contribution in [0, 0.1) is 0 Å². The van der Waals surface area contributed by atoms with Crippen LogP contribution in [-0.2, 0) is 6.54 Å². The molecule has 4 aromatic rings. The molecule has 0 spiro atoms. The third kappa shape index (κ3) is 4.56. The summed E-state index contributed by atoms with van der Waals surface area (Å²) in [6, 6.07) is 18.8. The van der Waals surface area contributed by atoms with E-state index in [1.165, 1.54) is 32.7 Å². The van der Waals surface area contributed by atoms with Crippen LogP contribution in [0.15, 0.2) is 60.7 Å². The van der Waals surface area contributed by atoms with Gasteiger partial charge in [0.1, 0.15) is 5.75 Å². The van der Waals surface area contributed by atoms with Gasteiger partial charge >= 0.3 is 0 Å². The first-order chi connectivity index (χ1) is 16.1. The molecule has 33 heavy (non-hydrogen) atoms. The molecule has 8 heteroatoms. The third-order valence-electron chi connectivity index (χ3n) is 5.15. The number of hydrogen-bond acceptors (Lipinski definition) is 7. The van der Waals surface area contributed by atoms with Gasteiger partial charge in [-0.2, -0.15) is 0 Å². The van der Waals surface area contributed by atoms with E-state index in [0.29, 0.717) is 40.2 Å². The highest BCUT2D eigenvalue weighted by Crippen LogP contribution is 2.39. The van der Waals surface area contributed by atoms with Gasteiger partial charge in [0.15, 0.2) is 16.6 Å². The second kappa shape index (κ2) is 9.79. The van der Waals surface area contributed by atoms with Crippen LogP contribution in [0.2, 0.25) is 0 Å². The Balaban J connectivity index is 1.81. The predicted octanol–water partition coefficient (Wildman–Crippen LogP) is 5.18. The number of aromatic nitrogens is 1. The molecule has 0 aliphatic carbocycles. The molecule has 0 unspecified atom stereocenters. The number of nitrogens with zero attached hydrogens (tertiary/aromatic N) is 2. The first-order valence-corrected chi connectivity index (χ1v) is 11.0. The van der Waals surface area contributed by atoms with Crippen molar-refractivity contribution in [3.63, 3.8) is 0 Å². The Hall–Kier alpha value is -3.78. The second-order valence-electron chi connectivity index (χ2n) is 7.12. The van der Waals surface area contributed by atoms with Gasteiger partial charge in [-0.15, -0.1) is 0 Å². The molecule has 4 rings (SSSR count). The Kier molecular flexibility index (Phi) is 6.65. The van der Waals surface area contributed by atoms with Crippen LogP contribution in [0.4, 0.5) is 5.13 Å². The number of methoxy groups -OCH3 is 4. The minimum Gasteiger partial charge on any atom is -0.497 e. The summed E-state index contributed by atoms with van der Waals surface area (Å²) in [5.41, 5.74) is 2.15. The molecule has 170 valence electrons. The van der Waals surface area contributed by atoms with E-state index in [-0.39, 0.29) is 5.91 Å². The Bertz CT molecular complexity index is 1250. The quantitative estimate of drug-likeness (QED) is 0.358. The lowest BCUT2D eigenvalue weighted by Gasteiger charge is -2.21. The van der Waals surface area contributed by atoms with Gasteiger partial charge in [-0.25, -0.2) is 4.98 Å². The summed E-state index contributed by atoms with van der Waals surface area (Å²) < 4.78 is 22.6. The number of ether oxygens (including phenoxy) is 4. The zero-order valence-corrected chi connectivity index (χ0v) is 19.6. The van der Waals surface area contributed by atoms with E-state index in [9.17, 15) is 4.79 Å². The van der Waals surface area contributed by atoms with Crippen molar-refractivity contribution < 1.29 is 23.7 Å². The van der Waals surface area contributed by atoms with E-state index < -0.39 is 0 Å². The number of carbonyl (C=O) groups excluding carboxylic acids is 1. The molecule has 1 heterocycles. The number of carbonyl (C=O) groups is 1. The fourth-order valence-corrected chi connectivity index (χ4v) is 4.43. The first kappa shape index (κ1) is 22.4. The van der Waals surface area contributed by atoms with Crippen LogP contribution in [0.25, 0.3) is 10.2 Å². The fraction of sp³-hybridized carbons (Fsp3) is 0.200. The molecule has 1 amide bonds. The average molecular weight is 465 g/mol. The van der Waals surface area contributed by atoms with E-state index in [0.717, 1.165) is 15.8 Å². The van der Waals surface area contributed by atoms with Gasteiger partial charge < -0.3 is 18.9 Å². The van der Waals surface area contributed by atoms with Crippen molar-refractivity contribution in [1.29, 1.82) is 0 Å². The number of amides is 1. The number of thiazole rings is 1. The molecule has 0 aliphatic heterocycles. The standard InChI is InChI=1S/C25H24N2O5S/c1-29-18-10-11-22-19(14-18)26-25(33-22)27(15-16-8-6-5-7-9-16)24(28)17-12-20(30-2)23(32-4)21(13-17)31-3/h5-14H,15H2,1-4H3. The van der Waals surface area contributed by atoms with Crippen LogP contribution < -0.4 is 23.8 Å². The predicted molar refractivity (Wildman–Crippen MR) is 129 cm³/mol. The summed E-state index contributed by atoms with van der Waals surface area (Å²) in [4.78, 5) is 20.2. The number of rotatable bonds is 8. The normalized spacial score (nSPS) is 10.7. The number of fused-ring (bicyclic) bond motifs is 1. The van der Waals surface area contributed by atoms with Gasteiger partial charge in [-0.05, 0) is 29.8 Å². The lowest BCUT2D eigenvalue weighted by Crippen LogP contribution is -2.30. The van der Waals surface area contributed by atoms with E-state index in [1.807, 2.05) is 48.5 Å². The number of anilines is 1. The molecule has 0 fully saturated rings. The largest absolute Gasteiger partial charge is 0.497 e. The molecule has 0 bridgehead atoms. The summed E-state index contributed by atoms with van der Waals surface area (Å²) in [5, 5.41) is 0.584. The zero-order valence-electron chi connectivity index (χ0n) is 18.8. The first-order valence-electron chi connectivity index (χ1n) is 10.2. The van der Waals surface area contributed by atoms with E-state index in [1.54, 1.807) is 24.1 Å². The Morgan fingerprint density at radius 2 is 1.58 bits per heavy atom. The molecular weight excluding hydrogens is 440 g/mol. The van der Waals surface area contributed by atoms with Gasteiger partial charge in [-0.1, -0.05) is 41.7 Å². The van der Waals surface area contributed by atoms with Crippen LogP contribution in [-0.4, -0.2) is 39.3 Å². The van der Waals surface area contributed by atoms with Crippen molar-refractivity contribution in [3.05, 3.63) is 71.8 Å². The summed E-state index contributed by atoms with van der Waals surface area (Å²) in [7, 11) is 6.19. The van der Waals surface area contributed by atoms with Crippen molar-refractivity contribution in [2.75, 3.05) is 33.3 Å². The summed E-state index contributed by atoms with van der Waals surface area (Å²) in [5.74, 6) is 1.73. The van der Waals surface area contributed by atoms with E-state index >= 15 is 0 Å². The molecule has 0 N–H and O–H groups in total. The molecule has 7 nitrogen and oxygen atoms in total. The number of benzene rings is 3. The molecule has 0 atom stereocenters. The zero-order chi connectivity index (χ0) is 23.4. The molecule has 0 saturated heterocycles. The maximum Gasteiger partial charge on any atom is 0.260 e. The summed E-state index contributed by atoms with van der Waals surface area (Å²) in [6.07, 6.45) is 0. The highest BCUT2D eigenvalue weighted by Gasteiger charge is 2.25. The lowest BCUT2D eigenvalue weighted by atomic mass is 10.1. The maximum atomic E-state index is 13.8. The molecule has 0 aliphatic rings.